The Kier molecular flexibility index (Phi) is 4.09. The Labute approximate surface area is 124 Å². The fraction of sp³-hybridized carbons (Fsp3) is 0. The van der Waals surface area contributed by atoms with Gasteiger partial charge < -0.3 is 15.5 Å². The molecular weight excluding hydrogens is 307 g/mol. The molecule has 0 saturated heterocycles. The number of nitrogens with two attached hydrogens (primary N) is 1. The summed E-state index contributed by atoms with van der Waals surface area (Å²) in [5.74, 6) is -0.430. The molecule has 0 aliphatic carbocycles. The highest BCUT2D eigenvalue weighted by atomic mass is 35.5. The number of carbonyl (C=O) groups is 1. The van der Waals surface area contributed by atoms with Gasteiger partial charge in [0, 0.05) is 5.56 Å². The second-order valence-corrected chi connectivity index (χ2v) is 4.81. The van der Waals surface area contributed by atoms with Crippen LogP contribution >= 0.6 is 35.4 Å². The van der Waals surface area contributed by atoms with Crippen molar-refractivity contribution in [3.63, 3.8) is 0 Å². The number of thiocarbonyl (C=S) groups is 1. The third-order valence-corrected chi connectivity index (χ3v) is 3.22. The number of hydrogen-bond donors (Lipinski definition) is 2. The lowest BCUT2D eigenvalue weighted by atomic mass is 10.2. The second-order valence-electron chi connectivity index (χ2n) is 3.62. The van der Waals surface area contributed by atoms with Crippen molar-refractivity contribution in [1.29, 1.82) is 0 Å². The highest BCUT2D eigenvalue weighted by molar-refractivity contribution is 7.80. The molecule has 2 aromatic rings. The molecule has 0 bridgehead atoms. The first-order valence-corrected chi connectivity index (χ1v) is 6.29. The number of halogens is 2. The van der Waals surface area contributed by atoms with Crippen LogP contribution in [0.5, 0.6) is 0 Å². The summed E-state index contributed by atoms with van der Waals surface area (Å²) < 4.78 is 4.85. The zero-order valence-electron chi connectivity index (χ0n) is 9.44. The minimum atomic E-state index is -0.430. The molecule has 0 unspecified atom stereocenters. The molecule has 1 amide bonds. The fourth-order valence-corrected chi connectivity index (χ4v) is 1.91. The van der Waals surface area contributed by atoms with Gasteiger partial charge >= 0.3 is 0 Å². The van der Waals surface area contributed by atoms with Gasteiger partial charge in [-0.2, -0.15) is 0 Å². The first kappa shape index (κ1) is 13.9. The maximum Gasteiger partial charge on any atom is 0.260 e. The molecule has 19 heavy (non-hydrogen) atoms. The molecule has 7 heteroatoms. The Bertz CT molecular complexity index is 655. The average molecular weight is 315 g/mol. The van der Waals surface area contributed by atoms with Crippen molar-refractivity contribution in [3.8, 4) is 0 Å². The molecule has 2 rings (SSSR count). The third-order valence-electron chi connectivity index (χ3n) is 2.36. The largest absolute Gasteiger partial charge is 0.452 e. The predicted octanol–water partition coefficient (Wildman–Crippen LogP) is 3.47. The maximum atomic E-state index is 12.0. The van der Waals surface area contributed by atoms with E-state index in [0.717, 1.165) is 0 Å². The molecule has 0 aliphatic heterocycles. The topological polar surface area (TPSA) is 68.3 Å². The van der Waals surface area contributed by atoms with Crippen molar-refractivity contribution in [1.82, 2.24) is 0 Å². The number of amides is 1. The minimum Gasteiger partial charge on any atom is -0.452 e. The highest BCUT2D eigenvalue weighted by Crippen LogP contribution is 2.25. The number of hydrogen-bond acceptors (Lipinski definition) is 3. The summed E-state index contributed by atoms with van der Waals surface area (Å²) in [7, 11) is 0. The van der Waals surface area contributed by atoms with Crippen LogP contribution in [-0.4, -0.2) is 10.9 Å². The molecule has 1 aromatic heterocycles. The summed E-state index contributed by atoms with van der Waals surface area (Å²) in [6, 6.07) is 6.33. The van der Waals surface area contributed by atoms with Gasteiger partial charge in [0.2, 0.25) is 5.22 Å². The molecule has 0 spiro atoms. The lowest BCUT2D eigenvalue weighted by Crippen LogP contribution is -2.14. The molecule has 3 N–H and O–H groups in total. The van der Waals surface area contributed by atoms with Gasteiger partial charge in [-0.05, 0) is 29.8 Å². The van der Waals surface area contributed by atoms with Gasteiger partial charge in [-0.3, -0.25) is 4.79 Å². The molecule has 98 valence electrons. The number of rotatable bonds is 3. The zero-order chi connectivity index (χ0) is 14.0. The summed E-state index contributed by atoms with van der Waals surface area (Å²) in [6.07, 6.45) is 1.32. The van der Waals surface area contributed by atoms with Crippen LogP contribution in [0.2, 0.25) is 10.2 Å². The standard InChI is InChI=1S/C12H8Cl2N2O2S/c13-8-2-1-6(11(15)19)5-9(8)16-12(17)7-3-4-18-10(7)14/h1-5H,(H2,15,19)(H,16,17). The first-order chi connectivity index (χ1) is 8.99. The van der Waals surface area contributed by atoms with Gasteiger partial charge in [0.25, 0.3) is 5.91 Å². The fourth-order valence-electron chi connectivity index (χ4n) is 1.42. The second kappa shape index (κ2) is 5.61. The Hall–Kier alpha value is -1.56. The van der Waals surface area contributed by atoms with Gasteiger partial charge in [-0.25, -0.2) is 0 Å². The Morgan fingerprint density at radius 3 is 2.63 bits per heavy atom. The Balaban J connectivity index is 2.28. The van der Waals surface area contributed by atoms with Crippen LogP contribution in [-0.2, 0) is 0 Å². The minimum absolute atomic E-state index is 0.0131. The van der Waals surface area contributed by atoms with E-state index in [0.29, 0.717) is 16.3 Å². The van der Waals surface area contributed by atoms with E-state index in [4.69, 9.17) is 45.6 Å². The number of carbonyl (C=O) groups excluding carboxylic acids is 1. The number of nitrogens with one attached hydrogen (secondary N) is 1. The van der Waals surface area contributed by atoms with Gasteiger partial charge in [0.15, 0.2) is 0 Å². The summed E-state index contributed by atoms with van der Waals surface area (Å²) in [4.78, 5) is 12.2. The van der Waals surface area contributed by atoms with E-state index in [1.165, 1.54) is 12.3 Å². The Morgan fingerprint density at radius 2 is 2.05 bits per heavy atom. The van der Waals surface area contributed by atoms with Crippen molar-refractivity contribution in [2.45, 2.75) is 0 Å². The normalized spacial score (nSPS) is 10.2. The summed E-state index contributed by atoms with van der Waals surface area (Å²) in [5.41, 5.74) is 6.74. The van der Waals surface area contributed by atoms with Crippen LogP contribution < -0.4 is 11.1 Å². The van der Waals surface area contributed by atoms with Crippen LogP contribution in [0.1, 0.15) is 15.9 Å². The molecule has 4 nitrogen and oxygen atoms in total. The molecule has 1 aromatic carbocycles. The van der Waals surface area contributed by atoms with Crippen LogP contribution in [0.4, 0.5) is 5.69 Å². The van der Waals surface area contributed by atoms with E-state index < -0.39 is 5.91 Å². The molecule has 0 aliphatic rings. The van der Waals surface area contributed by atoms with Crippen LogP contribution in [0.25, 0.3) is 0 Å². The average Bonchev–Trinajstić information content (AvgIpc) is 2.78. The van der Waals surface area contributed by atoms with Crippen LogP contribution in [0, 0.1) is 0 Å². The van der Waals surface area contributed by atoms with Crippen molar-refractivity contribution in [2.75, 3.05) is 5.32 Å². The van der Waals surface area contributed by atoms with Crippen LogP contribution in [0.3, 0.4) is 0 Å². The smallest absolute Gasteiger partial charge is 0.260 e. The van der Waals surface area contributed by atoms with Crippen molar-refractivity contribution >= 4 is 52.0 Å². The summed E-state index contributed by atoms with van der Waals surface area (Å²) in [6.45, 7) is 0. The molecule has 0 fully saturated rings. The number of anilines is 1. The zero-order valence-corrected chi connectivity index (χ0v) is 11.8. The molecular formula is C12H8Cl2N2O2S. The van der Waals surface area contributed by atoms with Crippen molar-refractivity contribution in [2.24, 2.45) is 5.73 Å². The first-order valence-electron chi connectivity index (χ1n) is 5.12. The van der Waals surface area contributed by atoms with E-state index in [-0.39, 0.29) is 15.8 Å². The molecule has 0 radical (unpaired) electrons. The lowest BCUT2D eigenvalue weighted by molar-refractivity contribution is 0.102. The van der Waals surface area contributed by atoms with Crippen LogP contribution in [0.15, 0.2) is 34.9 Å². The quantitative estimate of drug-likeness (QED) is 0.851. The van der Waals surface area contributed by atoms with Gasteiger partial charge in [-0.1, -0.05) is 29.9 Å². The van der Waals surface area contributed by atoms with Crippen molar-refractivity contribution < 1.29 is 9.21 Å². The third kappa shape index (κ3) is 3.07. The van der Waals surface area contributed by atoms with E-state index in [2.05, 4.69) is 5.32 Å². The van der Waals surface area contributed by atoms with Gasteiger partial charge in [0.1, 0.15) is 4.99 Å². The van der Waals surface area contributed by atoms with Gasteiger partial charge in [0.05, 0.1) is 22.5 Å². The molecule has 0 saturated carbocycles. The monoisotopic (exact) mass is 314 g/mol. The van der Waals surface area contributed by atoms with Gasteiger partial charge in [-0.15, -0.1) is 0 Å². The molecule has 1 heterocycles. The lowest BCUT2D eigenvalue weighted by Gasteiger charge is -2.08. The maximum absolute atomic E-state index is 12.0. The Morgan fingerprint density at radius 1 is 1.32 bits per heavy atom. The van der Waals surface area contributed by atoms with E-state index >= 15 is 0 Å². The van der Waals surface area contributed by atoms with Crippen molar-refractivity contribution in [3.05, 3.63) is 51.9 Å². The summed E-state index contributed by atoms with van der Waals surface area (Å²) >= 11 is 16.6. The van der Waals surface area contributed by atoms with E-state index in [1.807, 2.05) is 0 Å². The highest BCUT2D eigenvalue weighted by Gasteiger charge is 2.15. The SMILES string of the molecule is NC(=S)c1ccc(Cl)c(NC(=O)c2ccoc2Cl)c1. The van der Waals surface area contributed by atoms with E-state index in [9.17, 15) is 4.79 Å². The predicted molar refractivity (Wildman–Crippen MR) is 79.0 cm³/mol. The summed E-state index contributed by atoms with van der Waals surface area (Å²) in [5, 5.41) is 3.00. The number of furan rings is 1. The van der Waals surface area contributed by atoms with E-state index in [1.54, 1.807) is 18.2 Å². The number of benzene rings is 1. The molecule has 0 atom stereocenters.